The van der Waals surface area contributed by atoms with E-state index < -0.39 is 12.0 Å². The second-order valence-corrected chi connectivity index (χ2v) is 11.4. The Hall–Kier alpha value is -3.22. The van der Waals surface area contributed by atoms with E-state index in [4.69, 9.17) is 0 Å². The number of fused-ring (bicyclic) bond motifs is 2. The van der Waals surface area contributed by atoms with E-state index in [0.29, 0.717) is 45.3 Å². The number of nitrogens with zero attached hydrogens (tertiary/aromatic N) is 4. The third-order valence-electron chi connectivity index (χ3n) is 6.47. The van der Waals surface area contributed by atoms with E-state index in [-0.39, 0.29) is 17.5 Å². The minimum atomic E-state index is -4.76. The normalized spacial score (nSPS) is 17.0. The summed E-state index contributed by atoms with van der Waals surface area (Å²) in [5.74, 6) is 0.504. The first kappa shape index (κ1) is 26.4. The lowest BCUT2D eigenvalue weighted by Gasteiger charge is -2.25. The summed E-state index contributed by atoms with van der Waals surface area (Å²) in [6, 6.07) is 9.44. The number of imidazole rings is 1. The second kappa shape index (κ2) is 9.83. The standard InChI is InChI=1S/C26H28F3N5O3S/c1-25(2,36)14-34-9-8-15(13-34)10-21(35)16-4-7-20-19(11-16)30-23(33(20)3)32-24-31-18-6-5-17(12-22(18)38-24)37-26(27,28)29/h4-7,11-12,15,36H,8-10,13-14H2,1-3H3,(H,30,31,32). The molecule has 1 atom stereocenters. The van der Waals surface area contributed by atoms with Crippen molar-refractivity contribution >= 4 is 49.4 Å². The van der Waals surface area contributed by atoms with Gasteiger partial charge < -0.3 is 24.6 Å². The molecule has 1 fully saturated rings. The average molecular weight is 548 g/mol. The summed E-state index contributed by atoms with van der Waals surface area (Å²) in [6.07, 6.45) is -3.40. The van der Waals surface area contributed by atoms with Crippen molar-refractivity contribution < 1.29 is 27.8 Å². The molecule has 1 saturated heterocycles. The van der Waals surface area contributed by atoms with Crippen molar-refractivity contribution in [3.8, 4) is 5.75 Å². The first-order valence-corrected chi connectivity index (χ1v) is 13.0. The van der Waals surface area contributed by atoms with Crippen LogP contribution in [-0.4, -0.2) is 61.9 Å². The highest BCUT2D eigenvalue weighted by Gasteiger charge is 2.31. The summed E-state index contributed by atoms with van der Waals surface area (Å²) in [4.78, 5) is 24.3. The van der Waals surface area contributed by atoms with Crippen LogP contribution in [0.4, 0.5) is 24.3 Å². The van der Waals surface area contributed by atoms with E-state index >= 15 is 0 Å². The number of likely N-dealkylation sites (tertiary alicyclic amines) is 1. The molecule has 0 radical (unpaired) electrons. The smallest absolute Gasteiger partial charge is 0.406 e. The van der Waals surface area contributed by atoms with Crippen LogP contribution in [0.2, 0.25) is 0 Å². The molecule has 5 rings (SSSR count). The maximum Gasteiger partial charge on any atom is 0.573 e. The SMILES string of the molecule is Cn1c(Nc2nc3ccc(OC(F)(F)F)cc3s2)nc2cc(C(=O)CC3CCN(CC(C)(C)O)C3)ccc21. The number of carbonyl (C=O) groups is 1. The number of nitrogens with one attached hydrogen (secondary N) is 1. The summed E-state index contributed by atoms with van der Waals surface area (Å²) < 4.78 is 44.0. The highest BCUT2D eigenvalue weighted by Crippen LogP contribution is 2.33. The number of rotatable bonds is 8. The number of β-amino-alcohol motifs (C(OH)–C–C–N with tert-alkyl or cyclic N) is 1. The summed E-state index contributed by atoms with van der Waals surface area (Å²) in [5, 5.41) is 13.7. The molecule has 0 saturated carbocycles. The Morgan fingerprint density at radius 3 is 2.71 bits per heavy atom. The third kappa shape index (κ3) is 6.08. The van der Waals surface area contributed by atoms with Gasteiger partial charge in [0, 0.05) is 38.2 Å². The van der Waals surface area contributed by atoms with E-state index in [2.05, 4.69) is 24.9 Å². The molecule has 0 aliphatic carbocycles. The average Bonchev–Trinajstić information content (AvgIpc) is 3.49. The van der Waals surface area contributed by atoms with Crippen LogP contribution in [0.25, 0.3) is 21.3 Å². The first-order valence-electron chi connectivity index (χ1n) is 12.2. The maximum absolute atomic E-state index is 13.0. The molecule has 0 amide bonds. The number of aliphatic hydroxyl groups is 1. The van der Waals surface area contributed by atoms with E-state index in [0.717, 1.165) is 25.0 Å². The number of halogens is 3. The van der Waals surface area contributed by atoms with Crippen molar-refractivity contribution in [1.29, 1.82) is 0 Å². The Balaban J connectivity index is 1.29. The number of anilines is 2. The predicted molar refractivity (Wildman–Crippen MR) is 140 cm³/mol. The molecule has 3 heterocycles. The lowest BCUT2D eigenvalue weighted by atomic mass is 9.97. The number of alkyl halides is 3. The number of hydrogen-bond acceptors (Lipinski definition) is 8. The number of ether oxygens (including phenoxy) is 1. The molecule has 1 aliphatic rings. The molecule has 8 nitrogen and oxygen atoms in total. The molecular formula is C26H28F3N5O3S. The number of aromatic nitrogens is 3. The molecule has 2 aromatic heterocycles. The van der Waals surface area contributed by atoms with Crippen LogP contribution in [0.3, 0.4) is 0 Å². The van der Waals surface area contributed by atoms with Crippen molar-refractivity contribution in [3.63, 3.8) is 0 Å². The first-order chi connectivity index (χ1) is 17.8. The van der Waals surface area contributed by atoms with Gasteiger partial charge in [-0.1, -0.05) is 11.3 Å². The lowest BCUT2D eigenvalue weighted by molar-refractivity contribution is -0.274. The van der Waals surface area contributed by atoms with Gasteiger partial charge in [-0.05, 0) is 63.1 Å². The molecule has 2 N–H and O–H groups in total. The predicted octanol–water partition coefficient (Wildman–Crippen LogP) is 5.49. The Labute approximate surface area is 221 Å². The fraction of sp³-hybridized carbons (Fsp3) is 0.423. The van der Waals surface area contributed by atoms with Gasteiger partial charge in [0.15, 0.2) is 10.9 Å². The van der Waals surface area contributed by atoms with E-state index in [1.54, 1.807) is 26.0 Å². The van der Waals surface area contributed by atoms with Gasteiger partial charge in [-0.2, -0.15) is 0 Å². The summed E-state index contributed by atoms with van der Waals surface area (Å²) in [6.45, 7) is 5.83. The van der Waals surface area contributed by atoms with Gasteiger partial charge in [-0.3, -0.25) is 4.79 Å². The van der Waals surface area contributed by atoms with E-state index in [9.17, 15) is 23.1 Å². The monoisotopic (exact) mass is 547 g/mol. The van der Waals surface area contributed by atoms with Crippen LogP contribution in [0, 0.1) is 5.92 Å². The van der Waals surface area contributed by atoms with Gasteiger partial charge in [-0.25, -0.2) is 9.97 Å². The Kier molecular flexibility index (Phi) is 6.82. The third-order valence-corrected chi connectivity index (χ3v) is 7.40. The molecule has 38 heavy (non-hydrogen) atoms. The molecule has 2 aromatic carbocycles. The molecule has 12 heteroatoms. The number of hydrogen-bond donors (Lipinski definition) is 2. The van der Waals surface area contributed by atoms with Crippen LogP contribution in [0.1, 0.15) is 37.0 Å². The van der Waals surface area contributed by atoms with Gasteiger partial charge in [0.05, 0.1) is 26.9 Å². The van der Waals surface area contributed by atoms with Gasteiger partial charge in [-0.15, -0.1) is 13.2 Å². The van der Waals surface area contributed by atoms with Crippen LogP contribution >= 0.6 is 11.3 Å². The highest BCUT2D eigenvalue weighted by molar-refractivity contribution is 7.22. The van der Waals surface area contributed by atoms with E-state index in [1.165, 1.54) is 29.5 Å². The van der Waals surface area contributed by atoms with Crippen molar-refractivity contribution in [1.82, 2.24) is 19.4 Å². The molecule has 202 valence electrons. The second-order valence-electron chi connectivity index (χ2n) is 10.3. The topological polar surface area (TPSA) is 92.5 Å². The van der Waals surface area contributed by atoms with Crippen molar-refractivity contribution in [2.45, 2.75) is 38.7 Å². The number of benzene rings is 2. The highest BCUT2D eigenvalue weighted by atomic mass is 32.1. The number of Topliss-reactive ketones (excluding diaryl/α,β-unsaturated/α-hetero) is 1. The molecule has 4 aromatic rings. The molecule has 1 aliphatic heterocycles. The molecule has 0 spiro atoms. The summed E-state index contributed by atoms with van der Waals surface area (Å²) >= 11 is 1.18. The van der Waals surface area contributed by atoms with E-state index in [1.807, 2.05) is 17.7 Å². The maximum atomic E-state index is 13.0. The van der Waals surface area contributed by atoms with Crippen molar-refractivity contribution in [2.75, 3.05) is 25.0 Å². The zero-order valence-corrected chi connectivity index (χ0v) is 22.0. The largest absolute Gasteiger partial charge is 0.573 e. The number of thiazole rings is 1. The van der Waals surface area contributed by atoms with Crippen LogP contribution in [0.5, 0.6) is 5.75 Å². The Bertz CT molecular complexity index is 1490. The van der Waals surface area contributed by atoms with Gasteiger partial charge >= 0.3 is 6.36 Å². The van der Waals surface area contributed by atoms with Crippen molar-refractivity contribution in [2.24, 2.45) is 13.0 Å². The number of carbonyl (C=O) groups excluding carboxylic acids is 1. The van der Waals surface area contributed by atoms with Gasteiger partial charge in [0.2, 0.25) is 5.95 Å². The lowest BCUT2D eigenvalue weighted by Crippen LogP contribution is -2.37. The van der Waals surface area contributed by atoms with Gasteiger partial charge in [0.1, 0.15) is 5.75 Å². The summed E-state index contributed by atoms with van der Waals surface area (Å²) in [5.41, 5.74) is 1.85. The molecule has 0 bridgehead atoms. The minimum absolute atomic E-state index is 0.0604. The molecular weight excluding hydrogens is 519 g/mol. The zero-order chi connectivity index (χ0) is 27.2. The van der Waals surface area contributed by atoms with Crippen LogP contribution in [0.15, 0.2) is 36.4 Å². The fourth-order valence-corrected chi connectivity index (χ4v) is 5.77. The van der Waals surface area contributed by atoms with Crippen LogP contribution in [-0.2, 0) is 7.05 Å². The quantitative estimate of drug-likeness (QED) is 0.282. The van der Waals surface area contributed by atoms with Gasteiger partial charge in [0.25, 0.3) is 0 Å². The van der Waals surface area contributed by atoms with Crippen molar-refractivity contribution in [3.05, 3.63) is 42.0 Å². The zero-order valence-electron chi connectivity index (χ0n) is 21.2. The Morgan fingerprint density at radius 2 is 1.97 bits per heavy atom. The number of ketones is 1. The number of aryl methyl sites for hydroxylation is 1. The Morgan fingerprint density at radius 1 is 1.18 bits per heavy atom. The fourth-order valence-electron chi connectivity index (χ4n) is 4.89. The minimum Gasteiger partial charge on any atom is -0.406 e. The van der Waals surface area contributed by atoms with Crippen LogP contribution < -0.4 is 10.1 Å². The summed E-state index contributed by atoms with van der Waals surface area (Å²) in [7, 11) is 1.83. The molecule has 1 unspecified atom stereocenters.